The van der Waals surface area contributed by atoms with Crippen molar-refractivity contribution in [3.63, 3.8) is 0 Å². The van der Waals surface area contributed by atoms with Crippen LogP contribution < -0.4 is 11.5 Å². The van der Waals surface area contributed by atoms with Gasteiger partial charge in [0.2, 0.25) is 0 Å². The van der Waals surface area contributed by atoms with Gasteiger partial charge in [-0.05, 0) is 30.7 Å². The lowest BCUT2D eigenvalue weighted by Crippen LogP contribution is -2.18. The normalized spacial score (nSPS) is 10.9. The minimum atomic E-state index is -1.09. The Kier molecular flexibility index (Phi) is 4.19. The van der Waals surface area contributed by atoms with Gasteiger partial charge in [0.05, 0.1) is 28.7 Å². The van der Waals surface area contributed by atoms with Crippen LogP contribution in [0.2, 0.25) is 0 Å². The molecule has 0 radical (unpaired) electrons. The number of hydrogen-bond acceptors (Lipinski definition) is 6. The quantitative estimate of drug-likeness (QED) is 0.417. The van der Waals surface area contributed by atoms with Gasteiger partial charge in [-0.25, -0.2) is 14.8 Å². The van der Waals surface area contributed by atoms with Gasteiger partial charge in [-0.3, -0.25) is 9.89 Å². The summed E-state index contributed by atoms with van der Waals surface area (Å²) in [5.74, 6) is -1.75. The van der Waals surface area contributed by atoms with E-state index in [0.717, 1.165) is 16.5 Å². The number of hydrogen-bond donors (Lipinski definition) is 4. The smallest absolute Gasteiger partial charge is 0.335 e. The van der Waals surface area contributed by atoms with E-state index >= 15 is 0 Å². The van der Waals surface area contributed by atoms with Crippen LogP contribution in [0.25, 0.3) is 33.5 Å². The zero-order chi connectivity index (χ0) is 20.7. The van der Waals surface area contributed by atoms with Crippen molar-refractivity contribution in [3.8, 4) is 22.6 Å². The maximum atomic E-state index is 12.0. The first-order valence-electron chi connectivity index (χ1n) is 8.61. The molecule has 0 bridgehead atoms. The third kappa shape index (κ3) is 3.04. The molecule has 9 heteroatoms. The minimum Gasteiger partial charge on any atom is -0.478 e. The lowest BCUT2D eigenvalue weighted by molar-refractivity contribution is 0.0696. The molecule has 9 nitrogen and oxygen atoms in total. The van der Waals surface area contributed by atoms with Gasteiger partial charge in [0.1, 0.15) is 0 Å². The molecule has 0 unspecified atom stereocenters. The topological polar surface area (TPSA) is 161 Å². The van der Waals surface area contributed by atoms with E-state index in [1.54, 1.807) is 18.3 Å². The van der Waals surface area contributed by atoms with Crippen LogP contribution in [0, 0.1) is 6.92 Å². The van der Waals surface area contributed by atoms with Gasteiger partial charge in [-0.2, -0.15) is 5.10 Å². The highest BCUT2D eigenvalue weighted by Gasteiger charge is 2.21. The molecule has 2 heterocycles. The highest BCUT2D eigenvalue weighted by molar-refractivity contribution is 6.04. The lowest BCUT2D eigenvalue weighted by Gasteiger charge is -2.14. The van der Waals surface area contributed by atoms with Crippen LogP contribution in [0.4, 0.5) is 5.69 Å². The third-order valence-corrected chi connectivity index (χ3v) is 4.62. The highest BCUT2D eigenvalue weighted by atomic mass is 16.4. The number of carbonyl (C=O) groups excluding carboxylic acids is 1. The number of carbonyl (C=O) groups is 2. The Balaban J connectivity index is 2.04. The summed E-state index contributed by atoms with van der Waals surface area (Å²) >= 11 is 0. The Labute approximate surface area is 164 Å². The number of aromatic nitrogens is 4. The number of nitrogens with one attached hydrogen (secondary N) is 1. The van der Waals surface area contributed by atoms with E-state index in [9.17, 15) is 14.7 Å². The average molecular weight is 388 g/mol. The molecular weight excluding hydrogens is 372 g/mol. The number of fused-ring (bicyclic) bond motifs is 1. The number of nitrogens with two attached hydrogens (primary N) is 2. The van der Waals surface area contributed by atoms with E-state index in [1.165, 1.54) is 12.1 Å². The number of rotatable bonds is 4. The monoisotopic (exact) mass is 388 g/mol. The number of nitrogens with zero attached hydrogens (tertiary/aromatic N) is 3. The summed E-state index contributed by atoms with van der Waals surface area (Å²) in [6, 6.07) is 9.86. The Hall–Kier alpha value is -4.27. The number of nitrogen functional groups attached to an aromatic ring is 1. The van der Waals surface area contributed by atoms with Crippen LogP contribution >= 0.6 is 0 Å². The van der Waals surface area contributed by atoms with E-state index in [2.05, 4.69) is 20.2 Å². The second kappa shape index (κ2) is 6.71. The summed E-state index contributed by atoms with van der Waals surface area (Å²) in [4.78, 5) is 32.1. The highest BCUT2D eigenvalue weighted by Crippen LogP contribution is 2.35. The first-order valence-corrected chi connectivity index (χ1v) is 8.61. The van der Waals surface area contributed by atoms with E-state index < -0.39 is 11.9 Å². The van der Waals surface area contributed by atoms with Crippen LogP contribution in [-0.4, -0.2) is 37.1 Å². The Morgan fingerprint density at radius 3 is 2.66 bits per heavy atom. The fourth-order valence-electron chi connectivity index (χ4n) is 3.21. The molecule has 4 rings (SSSR count). The predicted octanol–water partition coefficient (Wildman–Crippen LogP) is 2.37. The molecule has 0 saturated heterocycles. The van der Waals surface area contributed by atoms with Gasteiger partial charge >= 0.3 is 5.97 Å². The molecule has 2 aromatic carbocycles. The first kappa shape index (κ1) is 18.1. The number of benzene rings is 2. The van der Waals surface area contributed by atoms with Crippen molar-refractivity contribution in [1.82, 2.24) is 20.2 Å². The van der Waals surface area contributed by atoms with Crippen LogP contribution in [-0.2, 0) is 0 Å². The maximum Gasteiger partial charge on any atom is 0.335 e. The molecule has 2 aromatic heterocycles. The van der Waals surface area contributed by atoms with Crippen molar-refractivity contribution in [3.05, 3.63) is 59.4 Å². The van der Waals surface area contributed by atoms with Gasteiger partial charge in [0.25, 0.3) is 5.91 Å². The number of amides is 1. The van der Waals surface area contributed by atoms with Crippen molar-refractivity contribution in [1.29, 1.82) is 0 Å². The van der Waals surface area contributed by atoms with Crippen LogP contribution in [0.15, 0.2) is 42.6 Å². The number of aromatic carboxylic acids is 1. The van der Waals surface area contributed by atoms with Crippen molar-refractivity contribution in [2.75, 3.05) is 5.73 Å². The molecule has 144 valence electrons. The van der Waals surface area contributed by atoms with Gasteiger partial charge in [-0.15, -0.1) is 0 Å². The second-order valence-corrected chi connectivity index (χ2v) is 6.50. The van der Waals surface area contributed by atoms with Gasteiger partial charge in [0, 0.05) is 16.5 Å². The summed E-state index contributed by atoms with van der Waals surface area (Å²) in [5.41, 5.74) is 14.8. The average Bonchev–Trinajstić information content (AvgIpc) is 3.17. The van der Waals surface area contributed by atoms with E-state index in [0.29, 0.717) is 16.8 Å². The van der Waals surface area contributed by atoms with Crippen LogP contribution in [0.5, 0.6) is 0 Å². The fraction of sp³-hybridized carbons (Fsp3) is 0.0500. The fourth-order valence-corrected chi connectivity index (χ4v) is 3.21. The molecule has 0 saturated carbocycles. The van der Waals surface area contributed by atoms with Crippen molar-refractivity contribution in [2.45, 2.75) is 6.92 Å². The first-order chi connectivity index (χ1) is 13.9. The summed E-state index contributed by atoms with van der Waals surface area (Å²) in [6.45, 7) is 1.89. The molecule has 0 aliphatic carbocycles. The van der Waals surface area contributed by atoms with E-state index in [4.69, 9.17) is 11.5 Å². The zero-order valence-corrected chi connectivity index (χ0v) is 15.3. The molecule has 0 aliphatic heterocycles. The number of aryl methyl sites for hydroxylation is 1. The Morgan fingerprint density at radius 2 is 1.93 bits per heavy atom. The predicted molar refractivity (Wildman–Crippen MR) is 107 cm³/mol. The molecular formula is C20H16N6O3. The van der Waals surface area contributed by atoms with Crippen molar-refractivity contribution < 1.29 is 14.7 Å². The molecule has 4 aromatic rings. The molecule has 29 heavy (non-hydrogen) atoms. The number of H-pyrrole nitrogens is 1. The Morgan fingerprint density at radius 1 is 1.14 bits per heavy atom. The van der Waals surface area contributed by atoms with E-state index in [1.807, 2.05) is 19.1 Å². The maximum absolute atomic E-state index is 12.0. The van der Waals surface area contributed by atoms with Gasteiger partial charge in [0.15, 0.2) is 11.5 Å². The van der Waals surface area contributed by atoms with Gasteiger partial charge in [-0.1, -0.05) is 18.2 Å². The van der Waals surface area contributed by atoms with Crippen LogP contribution in [0.1, 0.15) is 26.4 Å². The number of carboxylic acid groups (broad SMARTS) is 1. The SMILES string of the molecule is Cc1ccc2[nH]ncc2c1-c1nc(-c2cccc(C(=O)O)c2)nc(C(N)=O)c1N. The largest absolute Gasteiger partial charge is 0.478 e. The van der Waals surface area contributed by atoms with Crippen LogP contribution in [0.3, 0.4) is 0 Å². The molecule has 0 spiro atoms. The summed E-state index contributed by atoms with van der Waals surface area (Å²) in [6.07, 6.45) is 1.65. The number of aromatic amines is 1. The third-order valence-electron chi connectivity index (χ3n) is 4.62. The lowest BCUT2D eigenvalue weighted by atomic mass is 9.99. The van der Waals surface area contributed by atoms with Crippen molar-refractivity contribution in [2.24, 2.45) is 5.73 Å². The minimum absolute atomic E-state index is 0.0486. The molecule has 0 fully saturated rings. The summed E-state index contributed by atoms with van der Waals surface area (Å²) in [5, 5.41) is 17.0. The number of carboxylic acids is 1. The second-order valence-electron chi connectivity index (χ2n) is 6.50. The molecule has 1 amide bonds. The zero-order valence-electron chi connectivity index (χ0n) is 15.3. The van der Waals surface area contributed by atoms with Crippen molar-refractivity contribution >= 4 is 28.5 Å². The molecule has 0 atom stereocenters. The summed E-state index contributed by atoms with van der Waals surface area (Å²) in [7, 11) is 0. The number of anilines is 1. The number of primary amides is 1. The standard InChI is InChI=1S/C20H16N6O3/c1-9-5-6-13-12(8-23-26-13)14(9)16-15(21)17(18(22)27)25-19(24-16)10-3-2-4-11(7-10)20(28)29/h2-8H,21H2,1H3,(H2,22,27)(H,23,26)(H,28,29). The Bertz CT molecular complexity index is 1290. The molecule has 6 N–H and O–H groups in total. The molecule has 0 aliphatic rings. The van der Waals surface area contributed by atoms with E-state index in [-0.39, 0.29) is 22.8 Å². The summed E-state index contributed by atoms with van der Waals surface area (Å²) < 4.78 is 0. The van der Waals surface area contributed by atoms with Gasteiger partial charge < -0.3 is 16.6 Å².